The van der Waals surface area contributed by atoms with Crippen molar-refractivity contribution in [2.75, 3.05) is 14.2 Å². The fraction of sp³-hybridized carbons (Fsp3) is 0.455. The third-order valence-corrected chi connectivity index (χ3v) is 2.13. The Hall–Kier alpha value is -1.29. The van der Waals surface area contributed by atoms with E-state index in [1.165, 1.54) is 26.4 Å². The predicted molar refractivity (Wildman–Crippen MR) is 54.7 cm³/mol. The Balaban J connectivity index is 3.42. The van der Waals surface area contributed by atoms with Crippen molar-refractivity contribution in [3.05, 3.63) is 23.5 Å². The summed E-state index contributed by atoms with van der Waals surface area (Å²) in [4.78, 5) is 0. The first-order chi connectivity index (χ1) is 6.91. The Kier molecular flexibility index (Phi) is 3.19. The van der Waals surface area contributed by atoms with E-state index in [0.717, 1.165) is 0 Å². The Morgan fingerprint density at radius 1 is 1.13 bits per heavy atom. The number of halogens is 1. The van der Waals surface area contributed by atoms with Gasteiger partial charge in [0.25, 0.3) is 0 Å². The van der Waals surface area contributed by atoms with Gasteiger partial charge in [-0.25, -0.2) is 4.39 Å². The molecule has 0 heterocycles. The van der Waals surface area contributed by atoms with Crippen molar-refractivity contribution in [3.63, 3.8) is 0 Å². The lowest BCUT2D eigenvalue weighted by Crippen LogP contribution is -2.17. The standard InChI is InChI=1S/C11H15FO3/c1-11(2,13)7-5-6-8(12)10(15-4)9(7)14-3/h5-6,13H,1-4H3. The van der Waals surface area contributed by atoms with Crippen LogP contribution in [0, 0.1) is 5.82 Å². The highest BCUT2D eigenvalue weighted by Crippen LogP contribution is 2.38. The van der Waals surface area contributed by atoms with Crippen molar-refractivity contribution in [3.8, 4) is 11.5 Å². The molecule has 4 heteroatoms. The Bertz CT molecular complexity index is 356. The molecule has 0 aromatic heterocycles. The van der Waals surface area contributed by atoms with E-state index in [2.05, 4.69) is 0 Å². The molecular formula is C11H15FO3. The summed E-state index contributed by atoms with van der Waals surface area (Å²) in [6.45, 7) is 3.20. The molecule has 15 heavy (non-hydrogen) atoms. The molecule has 0 saturated carbocycles. The second kappa shape index (κ2) is 4.06. The minimum atomic E-state index is -1.10. The lowest BCUT2D eigenvalue weighted by atomic mass is 9.97. The van der Waals surface area contributed by atoms with Crippen LogP contribution in [0.5, 0.6) is 11.5 Å². The maximum absolute atomic E-state index is 13.3. The molecule has 0 atom stereocenters. The Morgan fingerprint density at radius 2 is 1.67 bits per heavy atom. The molecule has 0 amide bonds. The van der Waals surface area contributed by atoms with Crippen LogP contribution in [-0.2, 0) is 5.60 Å². The van der Waals surface area contributed by atoms with Crippen molar-refractivity contribution in [2.45, 2.75) is 19.4 Å². The normalized spacial score (nSPS) is 11.3. The van der Waals surface area contributed by atoms with E-state index in [1.807, 2.05) is 0 Å². The van der Waals surface area contributed by atoms with Gasteiger partial charge in [0.2, 0.25) is 0 Å². The zero-order valence-corrected chi connectivity index (χ0v) is 9.30. The maximum atomic E-state index is 13.3. The van der Waals surface area contributed by atoms with Crippen LogP contribution in [0.3, 0.4) is 0 Å². The molecule has 3 nitrogen and oxygen atoms in total. The zero-order valence-electron chi connectivity index (χ0n) is 9.30. The number of benzene rings is 1. The van der Waals surface area contributed by atoms with E-state index in [-0.39, 0.29) is 11.5 Å². The molecule has 0 aliphatic heterocycles. The molecule has 0 spiro atoms. The van der Waals surface area contributed by atoms with Crippen LogP contribution >= 0.6 is 0 Å². The van der Waals surface area contributed by atoms with Gasteiger partial charge in [0.05, 0.1) is 19.8 Å². The molecule has 84 valence electrons. The summed E-state index contributed by atoms with van der Waals surface area (Å²) in [6.07, 6.45) is 0. The van der Waals surface area contributed by atoms with Crippen LogP contribution in [0.2, 0.25) is 0 Å². The van der Waals surface area contributed by atoms with Crippen LogP contribution < -0.4 is 9.47 Å². The number of methoxy groups -OCH3 is 2. The van der Waals surface area contributed by atoms with Gasteiger partial charge in [-0.3, -0.25) is 0 Å². The van der Waals surface area contributed by atoms with E-state index in [4.69, 9.17) is 9.47 Å². The van der Waals surface area contributed by atoms with Crippen molar-refractivity contribution < 1.29 is 19.0 Å². The molecule has 0 aliphatic carbocycles. The number of aliphatic hydroxyl groups is 1. The number of ether oxygens (including phenoxy) is 2. The molecular weight excluding hydrogens is 199 g/mol. The highest BCUT2D eigenvalue weighted by Gasteiger charge is 2.25. The third-order valence-electron chi connectivity index (χ3n) is 2.13. The summed E-state index contributed by atoms with van der Waals surface area (Å²) in [5.74, 6) is -0.274. The molecule has 1 rings (SSSR count). The van der Waals surface area contributed by atoms with E-state index in [9.17, 15) is 9.50 Å². The average Bonchev–Trinajstić information content (AvgIpc) is 2.15. The fourth-order valence-corrected chi connectivity index (χ4v) is 1.41. The first-order valence-corrected chi connectivity index (χ1v) is 4.55. The first kappa shape index (κ1) is 11.8. The topological polar surface area (TPSA) is 38.7 Å². The first-order valence-electron chi connectivity index (χ1n) is 4.55. The van der Waals surface area contributed by atoms with Gasteiger partial charge in [-0.1, -0.05) is 0 Å². The van der Waals surface area contributed by atoms with Crippen molar-refractivity contribution >= 4 is 0 Å². The SMILES string of the molecule is COc1c(F)ccc(C(C)(C)O)c1OC. The van der Waals surface area contributed by atoms with E-state index in [0.29, 0.717) is 5.56 Å². The maximum Gasteiger partial charge on any atom is 0.197 e. The van der Waals surface area contributed by atoms with Crippen LogP contribution in [0.1, 0.15) is 19.4 Å². The fourth-order valence-electron chi connectivity index (χ4n) is 1.41. The minimum absolute atomic E-state index is 0.0112. The average molecular weight is 214 g/mol. The summed E-state index contributed by atoms with van der Waals surface area (Å²) in [6, 6.07) is 2.73. The number of hydrogen-bond acceptors (Lipinski definition) is 3. The summed E-state index contributed by atoms with van der Waals surface area (Å²) in [7, 11) is 2.77. The molecule has 1 aromatic rings. The van der Waals surface area contributed by atoms with E-state index < -0.39 is 11.4 Å². The summed E-state index contributed by atoms with van der Waals surface area (Å²) in [5, 5.41) is 9.85. The highest BCUT2D eigenvalue weighted by molar-refractivity contribution is 5.49. The predicted octanol–water partition coefficient (Wildman–Crippen LogP) is 2.07. The molecule has 0 fully saturated rings. The third kappa shape index (κ3) is 2.21. The van der Waals surface area contributed by atoms with Gasteiger partial charge in [-0.2, -0.15) is 0 Å². The second-order valence-electron chi connectivity index (χ2n) is 3.72. The van der Waals surface area contributed by atoms with Gasteiger partial charge >= 0.3 is 0 Å². The molecule has 1 aromatic carbocycles. The van der Waals surface area contributed by atoms with Crippen molar-refractivity contribution in [1.82, 2.24) is 0 Å². The number of hydrogen-bond donors (Lipinski definition) is 1. The second-order valence-corrected chi connectivity index (χ2v) is 3.72. The molecule has 1 N–H and O–H groups in total. The zero-order chi connectivity index (χ0) is 11.6. The van der Waals surface area contributed by atoms with E-state index >= 15 is 0 Å². The Morgan fingerprint density at radius 3 is 2.07 bits per heavy atom. The van der Waals surface area contributed by atoms with Gasteiger partial charge in [-0.05, 0) is 26.0 Å². The quantitative estimate of drug-likeness (QED) is 0.837. The molecule has 0 bridgehead atoms. The number of rotatable bonds is 3. The summed E-state index contributed by atoms with van der Waals surface area (Å²) >= 11 is 0. The minimum Gasteiger partial charge on any atom is -0.492 e. The van der Waals surface area contributed by atoms with Gasteiger partial charge in [0.1, 0.15) is 0 Å². The van der Waals surface area contributed by atoms with E-state index in [1.54, 1.807) is 13.8 Å². The monoisotopic (exact) mass is 214 g/mol. The van der Waals surface area contributed by atoms with Crippen LogP contribution in [-0.4, -0.2) is 19.3 Å². The van der Waals surface area contributed by atoms with Crippen molar-refractivity contribution in [1.29, 1.82) is 0 Å². The van der Waals surface area contributed by atoms with Gasteiger partial charge in [-0.15, -0.1) is 0 Å². The van der Waals surface area contributed by atoms with Crippen LogP contribution in [0.4, 0.5) is 4.39 Å². The lowest BCUT2D eigenvalue weighted by Gasteiger charge is -2.22. The van der Waals surface area contributed by atoms with Crippen LogP contribution in [0.25, 0.3) is 0 Å². The molecule has 0 aliphatic rings. The summed E-state index contributed by atoms with van der Waals surface area (Å²) < 4.78 is 23.3. The Labute approximate surface area is 88.4 Å². The van der Waals surface area contributed by atoms with Crippen LogP contribution in [0.15, 0.2) is 12.1 Å². The molecule has 0 saturated heterocycles. The van der Waals surface area contributed by atoms with Gasteiger partial charge < -0.3 is 14.6 Å². The van der Waals surface area contributed by atoms with Crippen molar-refractivity contribution in [2.24, 2.45) is 0 Å². The highest BCUT2D eigenvalue weighted by atomic mass is 19.1. The van der Waals surface area contributed by atoms with Gasteiger partial charge in [0.15, 0.2) is 17.3 Å². The van der Waals surface area contributed by atoms with Gasteiger partial charge in [0, 0.05) is 5.56 Å². The summed E-state index contributed by atoms with van der Waals surface area (Å²) in [5.41, 5.74) is -0.616. The smallest absolute Gasteiger partial charge is 0.197 e. The lowest BCUT2D eigenvalue weighted by molar-refractivity contribution is 0.0749. The molecule has 0 radical (unpaired) electrons. The largest absolute Gasteiger partial charge is 0.492 e. The molecule has 0 unspecified atom stereocenters.